The average molecular weight is 201 g/mol. The summed E-state index contributed by atoms with van der Waals surface area (Å²) in [5, 5.41) is 19.6. The van der Waals surface area contributed by atoms with Crippen LogP contribution in [0.3, 0.4) is 0 Å². The van der Waals surface area contributed by atoms with Gasteiger partial charge < -0.3 is 5.32 Å². The third-order valence-electron chi connectivity index (χ3n) is 2.17. The van der Waals surface area contributed by atoms with Crippen molar-refractivity contribution in [2.45, 2.75) is 13.8 Å². The number of nitrogens with one attached hydrogen (secondary N) is 1. The highest BCUT2D eigenvalue weighted by atomic mass is 15.3. The molecular weight excluding hydrogens is 190 g/mol. The van der Waals surface area contributed by atoms with E-state index in [9.17, 15) is 0 Å². The van der Waals surface area contributed by atoms with E-state index in [0.29, 0.717) is 0 Å². The van der Waals surface area contributed by atoms with Crippen LogP contribution in [0.15, 0.2) is 12.3 Å². The largest absolute Gasteiger partial charge is 0.369 e. The Hall–Kier alpha value is -2.09. The Morgan fingerprint density at radius 2 is 2.27 bits per heavy atom. The van der Waals surface area contributed by atoms with Gasteiger partial charge in [-0.05, 0) is 25.5 Å². The molecule has 5 heteroatoms. The Morgan fingerprint density at radius 1 is 1.47 bits per heavy atom. The van der Waals surface area contributed by atoms with E-state index in [4.69, 9.17) is 5.26 Å². The van der Waals surface area contributed by atoms with Gasteiger partial charge in [-0.15, -0.1) is 10.2 Å². The minimum absolute atomic E-state index is 0.269. The molecule has 0 atom stereocenters. The SMILES string of the molecule is Cc1cc(NCC#N)c2nnc(C)n2c1. The molecule has 0 saturated carbocycles. The van der Waals surface area contributed by atoms with Gasteiger partial charge in [-0.25, -0.2) is 0 Å². The van der Waals surface area contributed by atoms with E-state index in [2.05, 4.69) is 15.5 Å². The fraction of sp³-hybridized carbons (Fsp3) is 0.300. The summed E-state index contributed by atoms with van der Waals surface area (Å²) in [7, 11) is 0. The maximum absolute atomic E-state index is 8.52. The number of fused-ring (bicyclic) bond motifs is 1. The van der Waals surface area contributed by atoms with Crippen molar-refractivity contribution in [3.63, 3.8) is 0 Å². The molecule has 0 fully saturated rings. The van der Waals surface area contributed by atoms with Crippen molar-refractivity contribution >= 4 is 11.3 Å². The molecular formula is C10H11N5. The second-order valence-corrected chi connectivity index (χ2v) is 3.38. The topological polar surface area (TPSA) is 66.0 Å². The Bertz CT molecular complexity index is 534. The molecule has 5 nitrogen and oxygen atoms in total. The number of aromatic nitrogens is 3. The quantitative estimate of drug-likeness (QED) is 0.743. The zero-order valence-electron chi connectivity index (χ0n) is 8.65. The summed E-state index contributed by atoms with van der Waals surface area (Å²) in [5.41, 5.74) is 2.70. The van der Waals surface area contributed by atoms with Gasteiger partial charge >= 0.3 is 0 Å². The predicted octanol–water partition coefficient (Wildman–Crippen LogP) is 1.28. The molecule has 0 aromatic carbocycles. The lowest BCUT2D eigenvalue weighted by atomic mass is 10.3. The molecule has 15 heavy (non-hydrogen) atoms. The van der Waals surface area contributed by atoms with E-state index < -0.39 is 0 Å². The molecule has 76 valence electrons. The van der Waals surface area contributed by atoms with Gasteiger partial charge in [0.05, 0.1) is 11.8 Å². The van der Waals surface area contributed by atoms with E-state index >= 15 is 0 Å². The first-order chi connectivity index (χ1) is 7.22. The Balaban J connectivity index is 2.57. The van der Waals surface area contributed by atoms with Crippen molar-refractivity contribution in [1.82, 2.24) is 14.6 Å². The molecule has 0 aliphatic heterocycles. The summed E-state index contributed by atoms with van der Waals surface area (Å²) < 4.78 is 1.91. The lowest BCUT2D eigenvalue weighted by molar-refractivity contribution is 1.00. The molecule has 1 N–H and O–H groups in total. The third kappa shape index (κ3) is 1.62. The van der Waals surface area contributed by atoms with Crippen LogP contribution in [0.5, 0.6) is 0 Å². The summed E-state index contributed by atoms with van der Waals surface area (Å²) >= 11 is 0. The summed E-state index contributed by atoms with van der Waals surface area (Å²) in [5.74, 6) is 0.841. The number of pyridine rings is 1. The summed E-state index contributed by atoms with van der Waals surface area (Å²) in [6.07, 6.45) is 1.97. The van der Waals surface area contributed by atoms with Crippen LogP contribution in [0.4, 0.5) is 5.69 Å². The highest BCUT2D eigenvalue weighted by Gasteiger charge is 2.06. The molecule has 0 aliphatic rings. The Kier molecular flexibility index (Phi) is 2.26. The second-order valence-electron chi connectivity index (χ2n) is 3.38. The van der Waals surface area contributed by atoms with Gasteiger partial charge in [0.25, 0.3) is 0 Å². The van der Waals surface area contributed by atoms with E-state index in [1.54, 1.807) is 0 Å². The van der Waals surface area contributed by atoms with Crippen LogP contribution in [0.25, 0.3) is 5.65 Å². The summed E-state index contributed by atoms with van der Waals surface area (Å²) in [6.45, 7) is 4.16. The lowest BCUT2D eigenvalue weighted by Gasteiger charge is -2.05. The lowest BCUT2D eigenvalue weighted by Crippen LogP contribution is -2.02. The van der Waals surface area contributed by atoms with Gasteiger partial charge in [0, 0.05) is 6.20 Å². The van der Waals surface area contributed by atoms with Crippen molar-refractivity contribution in [1.29, 1.82) is 5.26 Å². The van der Waals surface area contributed by atoms with E-state index in [1.165, 1.54) is 0 Å². The van der Waals surface area contributed by atoms with Gasteiger partial charge in [-0.3, -0.25) is 4.40 Å². The molecule has 0 amide bonds. The predicted molar refractivity (Wildman–Crippen MR) is 56.6 cm³/mol. The first-order valence-corrected chi connectivity index (χ1v) is 4.65. The summed E-state index contributed by atoms with van der Waals surface area (Å²) in [6, 6.07) is 4.00. The van der Waals surface area contributed by atoms with Crippen molar-refractivity contribution in [3.8, 4) is 6.07 Å². The molecule has 2 rings (SSSR count). The average Bonchev–Trinajstić information content (AvgIpc) is 2.57. The van der Waals surface area contributed by atoms with Gasteiger partial charge in [0.2, 0.25) is 0 Å². The van der Waals surface area contributed by atoms with Crippen molar-refractivity contribution in [3.05, 3.63) is 23.7 Å². The van der Waals surface area contributed by atoms with Crippen molar-refractivity contribution in [2.75, 3.05) is 11.9 Å². The molecule has 0 bridgehead atoms. The number of nitrogens with zero attached hydrogens (tertiary/aromatic N) is 4. The molecule has 0 saturated heterocycles. The van der Waals surface area contributed by atoms with Crippen molar-refractivity contribution < 1.29 is 0 Å². The van der Waals surface area contributed by atoms with Crippen LogP contribution < -0.4 is 5.32 Å². The second kappa shape index (κ2) is 3.58. The molecule has 0 unspecified atom stereocenters. The summed E-state index contributed by atoms with van der Waals surface area (Å²) in [4.78, 5) is 0. The van der Waals surface area contributed by atoms with Gasteiger partial charge in [-0.2, -0.15) is 5.26 Å². The zero-order valence-corrected chi connectivity index (χ0v) is 8.65. The molecule has 0 spiro atoms. The number of hydrogen-bond donors (Lipinski definition) is 1. The van der Waals surface area contributed by atoms with Gasteiger partial charge in [-0.1, -0.05) is 0 Å². The van der Waals surface area contributed by atoms with Crippen LogP contribution >= 0.6 is 0 Å². The first kappa shape index (κ1) is 9.46. The van der Waals surface area contributed by atoms with E-state index in [1.807, 2.05) is 36.6 Å². The molecule has 0 radical (unpaired) electrons. The molecule has 0 aliphatic carbocycles. The molecule has 2 heterocycles. The number of anilines is 1. The van der Waals surface area contributed by atoms with E-state index in [0.717, 1.165) is 22.7 Å². The number of rotatable bonds is 2. The van der Waals surface area contributed by atoms with Crippen LogP contribution in [-0.4, -0.2) is 21.1 Å². The normalized spacial score (nSPS) is 10.2. The Morgan fingerprint density at radius 3 is 3.00 bits per heavy atom. The highest BCUT2D eigenvalue weighted by Crippen LogP contribution is 2.17. The molecule has 2 aromatic rings. The molecule has 2 aromatic heterocycles. The van der Waals surface area contributed by atoms with Crippen LogP contribution in [0.2, 0.25) is 0 Å². The minimum Gasteiger partial charge on any atom is -0.369 e. The van der Waals surface area contributed by atoms with Crippen molar-refractivity contribution in [2.24, 2.45) is 0 Å². The van der Waals surface area contributed by atoms with Gasteiger partial charge in [0.1, 0.15) is 12.4 Å². The number of hydrogen-bond acceptors (Lipinski definition) is 4. The minimum atomic E-state index is 0.269. The third-order valence-corrected chi connectivity index (χ3v) is 2.17. The van der Waals surface area contributed by atoms with Gasteiger partial charge in [0.15, 0.2) is 5.65 Å². The van der Waals surface area contributed by atoms with Crippen LogP contribution in [-0.2, 0) is 0 Å². The maximum atomic E-state index is 8.52. The number of aryl methyl sites for hydroxylation is 2. The van der Waals surface area contributed by atoms with Crippen LogP contribution in [0.1, 0.15) is 11.4 Å². The van der Waals surface area contributed by atoms with Crippen LogP contribution in [0, 0.1) is 25.2 Å². The fourth-order valence-corrected chi connectivity index (χ4v) is 1.51. The fourth-order valence-electron chi connectivity index (χ4n) is 1.51. The number of nitriles is 1. The standard InChI is InChI=1S/C10H11N5/c1-7-5-9(12-4-3-11)10-14-13-8(2)15(10)6-7/h5-6,12H,4H2,1-2H3. The van der Waals surface area contributed by atoms with E-state index in [-0.39, 0.29) is 6.54 Å². The zero-order chi connectivity index (χ0) is 10.8. The highest BCUT2D eigenvalue weighted by molar-refractivity contribution is 5.68. The monoisotopic (exact) mass is 201 g/mol. The Labute approximate surface area is 87.4 Å². The first-order valence-electron chi connectivity index (χ1n) is 4.65. The maximum Gasteiger partial charge on any atom is 0.184 e. The smallest absolute Gasteiger partial charge is 0.184 e.